The second kappa shape index (κ2) is 3.37. The van der Waals surface area contributed by atoms with Gasteiger partial charge in [-0.1, -0.05) is 12.1 Å². The maximum atomic E-state index is 12.9. The molecule has 2 heteroatoms. The van der Waals surface area contributed by atoms with E-state index in [1.807, 2.05) is 18.9 Å². The van der Waals surface area contributed by atoms with Gasteiger partial charge in [0.25, 0.3) is 0 Å². The summed E-state index contributed by atoms with van der Waals surface area (Å²) in [5.74, 6) is -0.281. The van der Waals surface area contributed by atoms with Crippen LogP contribution in [0.3, 0.4) is 0 Å². The van der Waals surface area contributed by atoms with Crippen LogP contribution in [0.5, 0.6) is 0 Å². The van der Waals surface area contributed by atoms with Crippen molar-refractivity contribution in [2.24, 2.45) is 0 Å². The summed E-state index contributed by atoms with van der Waals surface area (Å²) in [6.45, 7) is 2.78. The van der Waals surface area contributed by atoms with Gasteiger partial charge in [0, 0.05) is 19.7 Å². The number of halogens is 1. The average Bonchev–Trinajstić information content (AvgIpc) is 2.04. The van der Waals surface area contributed by atoms with Crippen molar-refractivity contribution in [3.63, 3.8) is 0 Å². The highest BCUT2D eigenvalue weighted by atomic mass is 19.1. The molecule has 1 radical (unpaired) electrons. The largest absolute Gasteiger partial charge is 0.372 e. The Morgan fingerprint density at radius 3 is 2.91 bits per heavy atom. The van der Waals surface area contributed by atoms with Crippen LogP contribution in [-0.4, -0.2) is 13.6 Å². The van der Waals surface area contributed by atoms with Crippen molar-refractivity contribution in [2.75, 3.05) is 18.5 Å². The zero-order valence-electron chi connectivity index (χ0n) is 6.76. The van der Waals surface area contributed by atoms with Gasteiger partial charge in [-0.3, -0.25) is 0 Å². The number of rotatable bonds is 2. The SMILES string of the molecule is CCN(C)c1ccc[c]c1F. The molecule has 0 saturated heterocycles. The van der Waals surface area contributed by atoms with E-state index in [0.29, 0.717) is 5.69 Å². The molecule has 0 aliphatic heterocycles. The maximum absolute atomic E-state index is 12.9. The highest BCUT2D eigenvalue weighted by Crippen LogP contribution is 2.15. The summed E-state index contributed by atoms with van der Waals surface area (Å²) in [7, 11) is 1.85. The number of nitrogens with zero attached hydrogens (tertiary/aromatic N) is 1. The lowest BCUT2D eigenvalue weighted by molar-refractivity contribution is 0.621. The highest BCUT2D eigenvalue weighted by Gasteiger charge is 2.02. The first kappa shape index (κ1) is 8.05. The molecule has 1 nitrogen and oxygen atoms in total. The van der Waals surface area contributed by atoms with Gasteiger partial charge in [0.1, 0.15) is 0 Å². The van der Waals surface area contributed by atoms with Crippen LogP contribution in [0.4, 0.5) is 10.1 Å². The quantitative estimate of drug-likeness (QED) is 0.627. The summed E-state index contributed by atoms with van der Waals surface area (Å²) in [6, 6.07) is 7.61. The predicted octanol–water partition coefficient (Wildman–Crippen LogP) is 2.08. The first-order valence-corrected chi connectivity index (χ1v) is 3.63. The molecule has 1 rings (SSSR count). The van der Waals surface area contributed by atoms with Gasteiger partial charge in [0.15, 0.2) is 5.82 Å². The average molecular weight is 152 g/mol. The Bertz CT molecular complexity index is 235. The van der Waals surface area contributed by atoms with Crippen LogP contribution in [0, 0.1) is 11.9 Å². The van der Waals surface area contributed by atoms with Crippen molar-refractivity contribution in [3.05, 3.63) is 30.1 Å². The van der Waals surface area contributed by atoms with Crippen LogP contribution in [0.2, 0.25) is 0 Å². The molecule has 59 valence electrons. The molecular formula is C9H11FN. The van der Waals surface area contributed by atoms with Crippen molar-refractivity contribution in [2.45, 2.75) is 6.92 Å². The van der Waals surface area contributed by atoms with Crippen molar-refractivity contribution in [1.29, 1.82) is 0 Å². The van der Waals surface area contributed by atoms with E-state index in [1.54, 1.807) is 18.2 Å². The van der Waals surface area contributed by atoms with E-state index in [-0.39, 0.29) is 5.82 Å². The zero-order chi connectivity index (χ0) is 8.27. The smallest absolute Gasteiger partial charge is 0.154 e. The van der Waals surface area contributed by atoms with Gasteiger partial charge in [0.2, 0.25) is 0 Å². The van der Waals surface area contributed by atoms with Gasteiger partial charge < -0.3 is 4.90 Å². The lowest BCUT2D eigenvalue weighted by atomic mass is 10.3. The molecule has 1 aromatic carbocycles. The molecular weight excluding hydrogens is 141 g/mol. The molecule has 0 amide bonds. The number of hydrogen-bond acceptors (Lipinski definition) is 1. The summed E-state index contributed by atoms with van der Waals surface area (Å²) in [6.07, 6.45) is 0. The third-order valence-corrected chi connectivity index (χ3v) is 1.67. The third-order valence-electron chi connectivity index (χ3n) is 1.67. The standard InChI is InChI=1S/C9H11FN/c1-3-11(2)9-7-5-4-6-8(9)10/h4-5,7H,3H2,1-2H3. The molecule has 0 aliphatic rings. The topological polar surface area (TPSA) is 3.24 Å². The Morgan fingerprint density at radius 2 is 2.36 bits per heavy atom. The molecule has 0 atom stereocenters. The van der Waals surface area contributed by atoms with E-state index in [1.165, 1.54) is 0 Å². The van der Waals surface area contributed by atoms with Crippen LogP contribution >= 0.6 is 0 Å². The molecule has 0 aliphatic carbocycles. The molecule has 11 heavy (non-hydrogen) atoms. The van der Waals surface area contributed by atoms with E-state index in [0.717, 1.165) is 6.54 Å². The fourth-order valence-electron chi connectivity index (χ4n) is 0.873. The van der Waals surface area contributed by atoms with Crippen molar-refractivity contribution in [3.8, 4) is 0 Å². The fourth-order valence-corrected chi connectivity index (χ4v) is 0.873. The predicted molar refractivity (Wildman–Crippen MR) is 44.2 cm³/mol. The van der Waals surface area contributed by atoms with E-state index in [2.05, 4.69) is 6.07 Å². The second-order valence-electron chi connectivity index (χ2n) is 2.38. The first-order chi connectivity index (χ1) is 5.25. The monoisotopic (exact) mass is 152 g/mol. The van der Waals surface area contributed by atoms with Gasteiger partial charge in [-0.2, -0.15) is 0 Å². The first-order valence-electron chi connectivity index (χ1n) is 3.63. The molecule has 0 spiro atoms. The molecule has 0 saturated carbocycles. The van der Waals surface area contributed by atoms with Crippen LogP contribution < -0.4 is 4.90 Å². The van der Waals surface area contributed by atoms with Crippen LogP contribution in [0.1, 0.15) is 6.92 Å². The Kier molecular flexibility index (Phi) is 2.47. The van der Waals surface area contributed by atoms with Crippen LogP contribution in [-0.2, 0) is 0 Å². The Hall–Kier alpha value is -1.05. The molecule has 0 fully saturated rings. The summed E-state index contributed by atoms with van der Waals surface area (Å²) >= 11 is 0. The Balaban J connectivity index is 2.93. The van der Waals surface area contributed by atoms with Gasteiger partial charge in [-0.25, -0.2) is 4.39 Å². The number of benzene rings is 1. The van der Waals surface area contributed by atoms with E-state index >= 15 is 0 Å². The number of hydrogen-bond donors (Lipinski definition) is 0. The Labute approximate surface area is 66.5 Å². The van der Waals surface area contributed by atoms with E-state index in [9.17, 15) is 4.39 Å². The van der Waals surface area contributed by atoms with Crippen molar-refractivity contribution >= 4 is 5.69 Å². The summed E-state index contributed by atoms with van der Waals surface area (Å²) in [5.41, 5.74) is 0.606. The minimum Gasteiger partial charge on any atom is -0.372 e. The van der Waals surface area contributed by atoms with Gasteiger partial charge in [-0.05, 0) is 13.0 Å². The van der Waals surface area contributed by atoms with Gasteiger partial charge in [-0.15, -0.1) is 0 Å². The molecule has 0 aromatic heterocycles. The molecule has 0 N–H and O–H groups in total. The van der Waals surface area contributed by atoms with Gasteiger partial charge >= 0.3 is 0 Å². The maximum Gasteiger partial charge on any atom is 0.154 e. The molecule has 1 aromatic rings. The van der Waals surface area contributed by atoms with Crippen LogP contribution in [0.15, 0.2) is 18.2 Å². The van der Waals surface area contributed by atoms with E-state index in [4.69, 9.17) is 0 Å². The highest BCUT2D eigenvalue weighted by molar-refractivity contribution is 5.45. The van der Waals surface area contributed by atoms with Crippen LogP contribution in [0.25, 0.3) is 0 Å². The summed E-state index contributed by atoms with van der Waals surface area (Å²) < 4.78 is 12.9. The molecule has 0 heterocycles. The van der Waals surface area contributed by atoms with Crippen molar-refractivity contribution in [1.82, 2.24) is 0 Å². The van der Waals surface area contributed by atoms with Crippen molar-refractivity contribution < 1.29 is 4.39 Å². The fraction of sp³-hybridized carbons (Fsp3) is 0.333. The zero-order valence-corrected chi connectivity index (χ0v) is 6.76. The molecule has 0 unspecified atom stereocenters. The normalized spacial score (nSPS) is 9.73. The van der Waals surface area contributed by atoms with E-state index < -0.39 is 0 Å². The minimum atomic E-state index is -0.281. The third kappa shape index (κ3) is 1.70. The molecule has 0 bridgehead atoms. The minimum absolute atomic E-state index is 0.281. The summed E-state index contributed by atoms with van der Waals surface area (Å²) in [5, 5.41) is 0. The Morgan fingerprint density at radius 1 is 1.64 bits per heavy atom. The number of anilines is 1. The second-order valence-corrected chi connectivity index (χ2v) is 2.38. The lowest BCUT2D eigenvalue weighted by Gasteiger charge is -2.16. The summed E-state index contributed by atoms with van der Waals surface area (Å²) in [4.78, 5) is 1.84. The van der Waals surface area contributed by atoms with Gasteiger partial charge in [0.05, 0.1) is 5.69 Å². The lowest BCUT2D eigenvalue weighted by Crippen LogP contribution is -2.16.